The highest BCUT2D eigenvalue weighted by atomic mass is 16.2. The second-order valence-corrected chi connectivity index (χ2v) is 6.30. The highest BCUT2D eigenvalue weighted by Gasteiger charge is 2.25. The zero-order valence-electron chi connectivity index (χ0n) is 13.0. The predicted octanol–water partition coefficient (Wildman–Crippen LogP) is 2.27. The summed E-state index contributed by atoms with van der Waals surface area (Å²) in [5, 5.41) is 5.89. The van der Waals surface area contributed by atoms with Gasteiger partial charge in [0.2, 0.25) is 0 Å². The standard InChI is InChI=1S/C17H23N3O2/c1-20(15-3-2-4-15)17(22)18-11-12-5-7-13(8-6-12)16(21)19-14-9-10-14/h5-8,14-15H,2-4,9-11H2,1H3,(H,18,22)(H,19,21). The molecule has 0 aromatic heterocycles. The molecule has 0 spiro atoms. The summed E-state index contributed by atoms with van der Waals surface area (Å²) in [5.74, 6) is -0.0113. The summed E-state index contributed by atoms with van der Waals surface area (Å²) < 4.78 is 0. The molecule has 0 aliphatic heterocycles. The second kappa shape index (κ2) is 6.38. The zero-order valence-corrected chi connectivity index (χ0v) is 13.0. The molecule has 0 heterocycles. The Morgan fingerprint density at radius 3 is 2.36 bits per heavy atom. The number of hydrogen-bond donors (Lipinski definition) is 2. The molecular weight excluding hydrogens is 278 g/mol. The summed E-state index contributed by atoms with van der Waals surface area (Å²) in [6, 6.07) is 8.16. The monoisotopic (exact) mass is 301 g/mol. The van der Waals surface area contributed by atoms with E-state index in [-0.39, 0.29) is 11.9 Å². The quantitative estimate of drug-likeness (QED) is 0.876. The Labute approximate surface area is 131 Å². The fraction of sp³-hybridized carbons (Fsp3) is 0.529. The zero-order chi connectivity index (χ0) is 15.5. The number of carbonyl (C=O) groups excluding carboxylic acids is 2. The summed E-state index contributed by atoms with van der Waals surface area (Å²) in [6.45, 7) is 0.487. The predicted molar refractivity (Wildman–Crippen MR) is 84.6 cm³/mol. The molecule has 2 saturated carbocycles. The molecule has 0 saturated heterocycles. The summed E-state index contributed by atoms with van der Waals surface area (Å²) >= 11 is 0. The van der Waals surface area contributed by atoms with Gasteiger partial charge in [0.1, 0.15) is 0 Å². The van der Waals surface area contributed by atoms with Crippen LogP contribution in [0.1, 0.15) is 48.0 Å². The van der Waals surface area contributed by atoms with Crippen molar-refractivity contribution in [1.29, 1.82) is 0 Å². The van der Waals surface area contributed by atoms with Crippen molar-refractivity contribution in [3.8, 4) is 0 Å². The third-order valence-corrected chi connectivity index (χ3v) is 4.52. The lowest BCUT2D eigenvalue weighted by Gasteiger charge is -2.34. The van der Waals surface area contributed by atoms with Crippen molar-refractivity contribution in [2.45, 2.75) is 50.7 Å². The van der Waals surface area contributed by atoms with Crippen LogP contribution in [0.15, 0.2) is 24.3 Å². The molecule has 3 rings (SSSR count). The van der Waals surface area contributed by atoms with Crippen molar-refractivity contribution in [3.05, 3.63) is 35.4 Å². The van der Waals surface area contributed by atoms with Crippen LogP contribution >= 0.6 is 0 Å². The van der Waals surface area contributed by atoms with Gasteiger partial charge in [-0.1, -0.05) is 12.1 Å². The third kappa shape index (κ3) is 3.59. The Bertz CT molecular complexity index is 548. The third-order valence-electron chi connectivity index (χ3n) is 4.52. The Kier molecular flexibility index (Phi) is 4.32. The van der Waals surface area contributed by atoms with Crippen molar-refractivity contribution in [2.75, 3.05) is 7.05 Å². The first-order valence-electron chi connectivity index (χ1n) is 8.04. The minimum absolute atomic E-state index is 0.0113. The minimum Gasteiger partial charge on any atom is -0.349 e. The molecule has 1 aromatic carbocycles. The normalized spacial score (nSPS) is 17.5. The molecule has 118 valence electrons. The second-order valence-electron chi connectivity index (χ2n) is 6.30. The molecule has 2 aliphatic rings. The fourth-order valence-electron chi connectivity index (χ4n) is 2.51. The van der Waals surface area contributed by atoms with E-state index in [9.17, 15) is 9.59 Å². The number of hydrogen-bond acceptors (Lipinski definition) is 2. The Hall–Kier alpha value is -2.04. The first kappa shape index (κ1) is 14.9. The Balaban J connectivity index is 1.47. The smallest absolute Gasteiger partial charge is 0.317 e. The van der Waals surface area contributed by atoms with Gasteiger partial charge >= 0.3 is 6.03 Å². The van der Waals surface area contributed by atoms with Crippen molar-refractivity contribution < 1.29 is 9.59 Å². The average molecular weight is 301 g/mol. The van der Waals surface area contributed by atoms with Gasteiger partial charge in [0.25, 0.3) is 5.91 Å². The lowest BCUT2D eigenvalue weighted by Crippen LogP contribution is -2.46. The number of nitrogens with zero attached hydrogens (tertiary/aromatic N) is 1. The van der Waals surface area contributed by atoms with Crippen LogP contribution in [0.4, 0.5) is 4.79 Å². The highest BCUT2D eigenvalue weighted by Crippen LogP contribution is 2.23. The van der Waals surface area contributed by atoms with Crippen LogP contribution in [0.5, 0.6) is 0 Å². The van der Waals surface area contributed by atoms with Crippen LogP contribution in [0.2, 0.25) is 0 Å². The molecule has 0 bridgehead atoms. The van der Waals surface area contributed by atoms with E-state index in [2.05, 4.69) is 10.6 Å². The number of carbonyl (C=O) groups is 2. The topological polar surface area (TPSA) is 61.4 Å². The number of benzene rings is 1. The van der Waals surface area contributed by atoms with Crippen LogP contribution in [-0.4, -0.2) is 36.0 Å². The van der Waals surface area contributed by atoms with Crippen molar-refractivity contribution >= 4 is 11.9 Å². The van der Waals surface area contributed by atoms with Gasteiger partial charge in [-0.3, -0.25) is 4.79 Å². The summed E-state index contributed by atoms with van der Waals surface area (Å²) in [5.41, 5.74) is 1.67. The van der Waals surface area contributed by atoms with E-state index in [1.807, 2.05) is 31.3 Å². The number of urea groups is 1. The minimum atomic E-state index is -0.0275. The van der Waals surface area contributed by atoms with E-state index in [1.54, 1.807) is 4.90 Å². The maximum Gasteiger partial charge on any atom is 0.317 e. The van der Waals surface area contributed by atoms with Gasteiger partial charge in [-0.05, 0) is 49.8 Å². The SMILES string of the molecule is CN(C(=O)NCc1ccc(C(=O)NC2CC2)cc1)C1CCC1. The molecule has 5 heteroatoms. The van der Waals surface area contributed by atoms with Gasteiger partial charge in [0.15, 0.2) is 0 Å². The van der Waals surface area contributed by atoms with Gasteiger partial charge in [-0.25, -0.2) is 4.79 Å². The van der Waals surface area contributed by atoms with E-state index >= 15 is 0 Å². The first-order chi connectivity index (χ1) is 10.6. The van der Waals surface area contributed by atoms with Crippen molar-refractivity contribution in [1.82, 2.24) is 15.5 Å². The van der Waals surface area contributed by atoms with Gasteiger partial charge in [0.05, 0.1) is 0 Å². The number of amides is 3. The average Bonchev–Trinajstić information content (AvgIpc) is 3.27. The van der Waals surface area contributed by atoms with Gasteiger partial charge < -0.3 is 15.5 Å². The van der Waals surface area contributed by atoms with Crippen LogP contribution in [0.3, 0.4) is 0 Å². The van der Waals surface area contributed by atoms with Gasteiger partial charge in [0, 0.05) is 31.2 Å². The molecule has 0 unspecified atom stereocenters. The molecule has 0 atom stereocenters. The molecular formula is C17H23N3O2. The fourth-order valence-corrected chi connectivity index (χ4v) is 2.51. The maximum atomic E-state index is 12.0. The van der Waals surface area contributed by atoms with E-state index in [1.165, 1.54) is 6.42 Å². The van der Waals surface area contributed by atoms with Crippen LogP contribution < -0.4 is 10.6 Å². The highest BCUT2D eigenvalue weighted by molar-refractivity contribution is 5.94. The van der Waals surface area contributed by atoms with Crippen LogP contribution in [-0.2, 0) is 6.54 Å². The van der Waals surface area contributed by atoms with E-state index in [0.717, 1.165) is 31.2 Å². The van der Waals surface area contributed by atoms with E-state index in [0.29, 0.717) is 24.2 Å². The van der Waals surface area contributed by atoms with Gasteiger partial charge in [-0.15, -0.1) is 0 Å². The molecule has 2 aliphatic carbocycles. The van der Waals surface area contributed by atoms with Crippen LogP contribution in [0.25, 0.3) is 0 Å². The molecule has 0 radical (unpaired) electrons. The van der Waals surface area contributed by atoms with Crippen molar-refractivity contribution in [3.63, 3.8) is 0 Å². The largest absolute Gasteiger partial charge is 0.349 e. The maximum absolute atomic E-state index is 12.0. The molecule has 1 aromatic rings. The first-order valence-corrected chi connectivity index (χ1v) is 8.04. The number of nitrogens with one attached hydrogen (secondary N) is 2. The van der Waals surface area contributed by atoms with Gasteiger partial charge in [-0.2, -0.15) is 0 Å². The molecule has 22 heavy (non-hydrogen) atoms. The molecule has 2 N–H and O–H groups in total. The number of rotatable bonds is 5. The summed E-state index contributed by atoms with van der Waals surface area (Å²) in [4.78, 5) is 25.7. The molecule has 2 fully saturated rings. The Morgan fingerprint density at radius 1 is 1.14 bits per heavy atom. The lowest BCUT2D eigenvalue weighted by atomic mass is 9.92. The molecule has 5 nitrogen and oxygen atoms in total. The summed E-state index contributed by atoms with van der Waals surface area (Å²) in [7, 11) is 1.85. The Morgan fingerprint density at radius 2 is 1.82 bits per heavy atom. The summed E-state index contributed by atoms with van der Waals surface area (Å²) in [6.07, 6.45) is 5.60. The van der Waals surface area contributed by atoms with Crippen molar-refractivity contribution in [2.24, 2.45) is 0 Å². The van der Waals surface area contributed by atoms with Crippen LogP contribution in [0, 0.1) is 0 Å². The van der Waals surface area contributed by atoms with E-state index in [4.69, 9.17) is 0 Å². The van der Waals surface area contributed by atoms with E-state index < -0.39 is 0 Å². The molecule has 3 amide bonds. The lowest BCUT2D eigenvalue weighted by molar-refractivity contribution is 0.0951.